The predicted octanol–water partition coefficient (Wildman–Crippen LogP) is 1.26. The van der Waals surface area contributed by atoms with Gasteiger partial charge in [-0.2, -0.15) is 0 Å². The topological polar surface area (TPSA) is 67.6 Å². The number of fused-ring (bicyclic) bond motifs is 1. The van der Waals surface area contributed by atoms with Gasteiger partial charge in [-0.05, 0) is 31.9 Å². The van der Waals surface area contributed by atoms with Crippen molar-refractivity contribution in [3.63, 3.8) is 0 Å². The van der Waals surface area contributed by atoms with E-state index in [1.54, 1.807) is 0 Å². The molecule has 1 fully saturated rings. The van der Waals surface area contributed by atoms with Crippen LogP contribution in [0.2, 0.25) is 0 Å². The molecule has 0 bridgehead atoms. The number of rotatable bonds is 2. The van der Waals surface area contributed by atoms with Crippen LogP contribution in [-0.4, -0.2) is 21.5 Å². The molecule has 1 aliphatic carbocycles. The summed E-state index contributed by atoms with van der Waals surface area (Å²) in [7, 11) is 0. The van der Waals surface area contributed by atoms with Crippen LogP contribution in [0.25, 0.3) is 11.2 Å². The van der Waals surface area contributed by atoms with Crippen LogP contribution >= 0.6 is 0 Å². The van der Waals surface area contributed by atoms with Crippen molar-refractivity contribution in [1.82, 2.24) is 15.0 Å². The number of imidazole rings is 1. The Labute approximate surface area is 87.9 Å². The lowest BCUT2D eigenvalue weighted by atomic mass is 10.1. The van der Waals surface area contributed by atoms with E-state index in [1.807, 2.05) is 19.1 Å². The summed E-state index contributed by atoms with van der Waals surface area (Å²) in [5, 5.41) is 0. The molecule has 0 amide bonds. The molecule has 0 aromatic carbocycles. The number of aryl methyl sites for hydroxylation is 1. The maximum Gasteiger partial charge on any atom is 0.177 e. The van der Waals surface area contributed by atoms with Crippen LogP contribution in [0.5, 0.6) is 0 Å². The summed E-state index contributed by atoms with van der Waals surface area (Å²) in [5.41, 5.74) is 8.71. The number of H-pyrrole nitrogens is 1. The zero-order chi connectivity index (χ0) is 10.5. The number of aromatic nitrogens is 3. The molecule has 0 aliphatic heterocycles. The SMILES string of the molecule is Cc1ccc2[nH]c(C3(CN)CC3)nc2n1. The molecule has 4 nitrogen and oxygen atoms in total. The Morgan fingerprint density at radius 2 is 2.20 bits per heavy atom. The summed E-state index contributed by atoms with van der Waals surface area (Å²) in [6.45, 7) is 2.65. The van der Waals surface area contributed by atoms with Gasteiger partial charge in [0.05, 0.1) is 5.52 Å². The summed E-state index contributed by atoms with van der Waals surface area (Å²) >= 11 is 0. The Morgan fingerprint density at radius 1 is 1.40 bits per heavy atom. The highest BCUT2D eigenvalue weighted by molar-refractivity contribution is 5.71. The fourth-order valence-corrected chi connectivity index (χ4v) is 1.93. The molecule has 2 heterocycles. The van der Waals surface area contributed by atoms with Gasteiger partial charge in [0.25, 0.3) is 0 Å². The number of hydrogen-bond acceptors (Lipinski definition) is 3. The third-order valence-electron chi connectivity index (χ3n) is 3.23. The molecule has 0 unspecified atom stereocenters. The van der Waals surface area contributed by atoms with Gasteiger partial charge < -0.3 is 10.7 Å². The summed E-state index contributed by atoms with van der Waals surface area (Å²) in [6, 6.07) is 4.02. The highest BCUT2D eigenvalue weighted by Crippen LogP contribution is 2.46. The second-order valence-electron chi connectivity index (χ2n) is 4.39. The van der Waals surface area contributed by atoms with Crippen LogP contribution in [0.15, 0.2) is 12.1 Å². The second kappa shape index (κ2) is 2.79. The quantitative estimate of drug-likeness (QED) is 0.770. The molecular formula is C11H14N4. The van der Waals surface area contributed by atoms with Gasteiger partial charge in [-0.15, -0.1) is 0 Å². The lowest BCUT2D eigenvalue weighted by Gasteiger charge is -2.06. The van der Waals surface area contributed by atoms with Crippen LogP contribution in [0.3, 0.4) is 0 Å². The van der Waals surface area contributed by atoms with Gasteiger partial charge in [-0.3, -0.25) is 0 Å². The maximum atomic E-state index is 5.77. The molecule has 0 radical (unpaired) electrons. The van der Waals surface area contributed by atoms with Crippen LogP contribution in [0.1, 0.15) is 24.4 Å². The average Bonchev–Trinajstić information content (AvgIpc) is 2.93. The zero-order valence-corrected chi connectivity index (χ0v) is 8.75. The minimum atomic E-state index is 0.120. The van der Waals surface area contributed by atoms with E-state index in [2.05, 4.69) is 15.0 Å². The van der Waals surface area contributed by atoms with Gasteiger partial charge in [-0.1, -0.05) is 0 Å². The number of nitrogens with one attached hydrogen (secondary N) is 1. The van der Waals surface area contributed by atoms with Gasteiger partial charge in [0.2, 0.25) is 0 Å². The number of pyridine rings is 1. The van der Waals surface area contributed by atoms with Crippen LogP contribution in [0.4, 0.5) is 0 Å². The van der Waals surface area contributed by atoms with Crippen molar-refractivity contribution in [2.24, 2.45) is 5.73 Å². The third kappa shape index (κ3) is 1.25. The average molecular weight is 202 g/mol. The van der Waals surface area contributed by atoms with Crippen LogP contribution < -0.4 is 5.73 Å². The molecule has 15 heavy (non-hydrogen) atoms. The Balaban J connectivity index is 2.14. The van der Waals surface area contributed by atoms with Crippen molar-refractivity contribution in [2.75, 3.05) is 6.54 Å². The van der Waals surface area contributed by atoms with E-state index in [1.165, 1.54) is 0 Å². The first kappa shape index (κ1) is 8.85. The van der Waals surface area contributed by atoms with E-state index in [0.29, 0.717) is 6.54 Å². The Morgan fingerprint density at radius 3 is 2.87 bits per heavy atom. The molecule has 2 aromatic rings. The summed E-state index contributed by atoms with van der Waals surface area (Å²) < 4.78 is 0. The van der Waals surface area contributed by atoms with E-state index >= 15 is 0 Å². The molecule has 0 spiro atoms. The van der Waals surface area contributed by atoms with Crippen molar-refractivity contribution in [1.29, 1.82) is 0 Å². The van der Waals surface area contributed by atoms with Crippen molar-refractivity contribution in [3.05, 3.63) is 23.7 Å². The van der Waals surface area contributed by atoms with Gasteiger partial charge in [-0.25, -0.2) is 9.97 Å². The lowest BCUT2D eigenvalue weighted by Crippen LogP contribution is -2.21. The molecule has 3 rings (SSSR count). The van der Waals surface area contributed by atoms with E-state index in [4.69, 9.17) is 5.73 Å². The Bertz CT molecular complexity index is 510. The number of nitrogens with two attached hydrogens (primary N) is 1. The fraction of sp³-hybridized carbons (Fsp3) is 0.455. The highest BCUT2D eigenvalue weighted by Gasteiger charge is 2.45. The first-order valence-corrected chi connectivity index (χ1v) is 5.27. The maximum absolute atomic E-state index is 5.77. The molecule has 0 saturated heterocycles. The highest BCUT2D eigenvalue weighted by atomic mass is 15.0. The summed E-state index contributed by atoms with van der Waals surface area (Å²) in [5.74, 6) is 1.01. The second-order valence-corrected chi connectivity index (χ2v) is 4.39. The predicted molar refractivity (Wildman–Crippen MR) is 58.6 cm³/mol. The largest absolute Gasteiger partial charge is 0.340 e. The molecule has 1 saturated carbocycles. The van der Waals surface area contributed by atoms with E-state index in [-0.39, 0.29) is 5.41 Å². The van der Waals surface area contributed by atoms with E-state index in [9.17, 15) is 0 Å². The smallest absolute Gasteiger partial charge is 0.177 e. The first-order valence-electron chi connectivity index (χ1n) is 5.27. The van der Waals surface area contributed by atoms with Crippen LogP contribution in [0, 0.1) is 6.92 Å². The normalized spacial score (nSPS) is 18.3. The lowest BCUT2D eigenvalue weighted by molar-refractivity contribution is 0.661. The number of aromatic amines is 1. The van der Waals surface area contributed by atoms with Crippen LogP contribution in [-0.2, 0) is 5.41 Å². The van der Waals surface area contributed by atoms with Gasteiger partial charge in [0, 0.05) is 17.7 Å². The van der Waals surface area contributed by atoms with Crippen molar-refractivity contribution < 1.29 is 0 Å². The van der Waals surface area contributed by atoms with Gasteiger partial charge in [0.1, 0.15) is 5.82 Å². The monoisotopic (exact) mass is 202 g/mol. The van der Waals surface area contributed by atoms with Gasteiger partial charge >= 0.3 is 0 Å². The number of nitrogens with zero attached hydrogens (tertiary/aromatic N) is 2. The minimum absolute atomic E-state index is 0.120. The van der Waals surface area contributed by atoms with Crippen molar-refractivity contribution >= 4 is 11.2 Å². The zero-order valence-electron chi connectivity index (χ0n) is 8.75. The Kier molecular flexibility index (Phi) is 1.65. The molecular weight excluding hydrogens is 188 g/mol. The molecule has 4 heteroatoms. The standard InChI is InChI=1S/C11H14N4/c1-7-2-3-8-9(13-7)15-10(14-8)11(6-12)4-5-11/h2-3H,4-6,12H2,1H3,(H,13,14,15). The van der Waals surface area contributed by atoms with Crippen molar-refractivity contribution in [3.8, 4) is 0 Å². The van der Waals surface area contributed by atoms with Gasteiger partial charge in [0.15, 0.2) is 5.65 Å². The third-order valence-corrected chi connectivity index (χ3v) is 3.23. The van der Waals surface area contributed by atoms with Crippen molar-refractivity contribution in [2.45, 2.75) is 25.2 Å². The molecule has 3 N–H and O–H groups in total. The first-order chi connectivity index (χ1) is 7.23. The molecule has 0 atom stereocenters. The minimum Gasteiger partial charge on any atom is -0.340 e. The summed E-state index contributed by atoms with van der Waals surface area (Å²) in [6.07, 6.45) is 2.28. The number of hydrogen-bond donors (Lipinski definition) is 2. The molecule has 1 aliphatic rings. The molecule has 2 aromatic heterocycles. The Hall–Kier alpha value is -1.42. The van der Waals surface area contributed by atoms with E-state index in [0.717, 1.165) is 35.5 Å². The fourth-order valence-electron chi connectivity index (χ4n) is 1.93. The molecule has 78 valence electrons. The van der Waals surface area contributed by atoms with E-state index < -0.39 is 0 Å². The summed E-state index contributed by atoms with van der Waals surface area (Å²) in [4.78, 5) is 12.2.